The normalized spacial score (nSPS) is 23.1. The molecule has 1 N–H and O–H groups in total. The van der Waals surface area contributed by atoms with Crippen LogP contribution in [0.25, 0.3) is 0 Å². The molecule has 0 bridgehead atoms. The second-order valence-corrected chi connectivity index (χ2v) is 4.66. The van der Waals surface area contributed by atoms with Crippen LogP contribution in [0.3, 0.4) is 0 Å². The molecule has 16 heavy (non-hydrogen) atoms. The number of hydrogen-bond acceptors (Lipinski definition) is 2. The molecule has 1 heterocycles. The number of hydrogen-bond donors (Lipinski definition) is 1. The van der Waals surface area contributed by atoms with Crippen LogP contribution in [0.4, 0.5) is 0 Å². The highest BCUT2D eigenvalue weighted by molar-refractivity contribution is 5.38. The molecule has 1 aromatic carbocycles. The lowest BCUT2D eigenvalue weighted by Gasteiger charge is -2.32. The maximum absolute atomic E-state index is 10.3. The summed E-state index contributed by atoms with van der Waals surface area (Å²) in [5.41, 5.74) is 1.17. The van der Waals surface area contributed by atoms with Gasteiger partial charge in [-0.2, -0.15) is 0 Å². The Labute approximate surface area is 97.3 Å². The molecule has 0 spiro atoms. The van der Waals surface area contributed by atoms with Crippen molar-refractivity contribution in [1.29, 1.82) is 0 Å². The number of aliphatic hydroxyl groups is 1. The van der Waals surface area contributed by atoms with Crippen molar-refractivity contribution in [3.8, 4) is 5.75 Å². The van der Waals surface area contributed by atoms with Crippen LogP contribution in [0.2, 0.25) is 0 Å². The molecule has 1 aliphatic rings. The largest absolute Gasteiger partial charge is 0.493 e. The quantitative estimate of drug-likeness (QED) is 0.848. The van der Waals surface area contributed by atoms with E-state index in [1.165, 1.54) is 5.56 Å². The third-order valence-electron chi connectivity index (χ3n) is 3.64. The molecular weight excluding hydrogens is 200 g/mol. The average Bonchev–Trinajstić information content (AvgIpc) is 2.36. The van der Waals surface area contributed by atoms with Crippen molar-refractivity contribution in [3.63, 3.8) is 0 Å². The number of fused-ring (bicyclic) bond motifs is 1. The SMILES string of the molecule is CCC(C)C(O)C1CCOc2ccccc21. The first-order valence-electron chi connectivity index (χ1n) is 6.13. The average molecular weight is 220 g/mol. The number of rotatable bonds is 3. The van der Waals surface area contributed by atoms with Crippen LogP contribution in [0.5, 0.6) is 5.75 Å². The van der Waals surface area contributed by atoms with Crippen LogP contribution in [0, 0.1) is 5.92 Å². The maximum atomic E-state index is 10.3. The molecule has 88 valence electrons. The summed E-state index contributed by atoms with van der Waals surface area (Å²) in [5, 5.41) is 10.3. The number of benzene rings is 1. The summed E-state index contributed by atoms with van der Waals surface area (Å²) < 4.78 is 5.61. The topological polar surface area (TPSA) is 29.5 Å². The van der Waals surface area contributed by atoms with Crippen molar-refractivity contribution in [2.24, 2.45) is 5.92 Å². The number of aliphatic hydroxyl groups excluding tert-OH is 1. The monoisotopic (exact) mass is 220 g/mol. The molecule has 3 atom stereocenters. The van der Waals surface area contributed by atoms with Gasteiger partial charge in [-0.1, -0.05) is 38.5 Å². The van der Waals surface area contributed by atoms with Crippen molar-refractivity contribution in [2.75, 3.05) is 6.61 Å². The third-order valence-corrected chi connectivity index (χ3v) is 3.64. The Bertz CT molecular complexity index is 348. The van der Waals surface area contributed by atoms with Gasteiger partial charge in [0.05, 0.1) is 12.7 Å². The number of ether oxygens (including phenoxy) is 1. The van der Waals surface area contributed by atoms with Gasteiger partial charge in [-0.25, -0.2) is 0 Å². The zero-order valence-electron chi connectivity index (χ0n) is 10.0. The van der Waals surface area contributed by atoms with E-state index in [2.05, 4.69) is 19.9 Å². The van der Waals surface area contributed by atoms with Crippen LogP contribution in [0.15, 0.2) is 24.3 Å². The third kappa shape index (κ3) is 2.07. The zero-order chi connectivity index (χ0) is 11.5. The van der Waals surface area contributed by atoms with E-state index in [4.69, 9.17) is 4.74 Å². The fourth-order valence-corrected chi connectivity index (χ4v) is 2.36. The standard InChI is InChI=1S/C14H20O2/c1-3-10(2)14(15)12-8-9-16-13-7-5-4-6-11(12)13/h4-7,10,12,14-15H,3,8-9H2,1-2H3. The molecule has 1 aliphatic heterocycles. The molecule has 2 nitrogen and oxygen atoms in total. The van der Waals surface area contributed by atoms with Crippen molar-refractivity contribution < 1.29 is 9.84 Å². The first kappa shape index (κ1) is 11.5. The molecule has 0 saturated heterocycles. The molecule has 3 unspecified atom stereocenters. The maximum Gasteiger partial charge on any atom is 0.122 e. The fraction of sp³-hybridized carbons (Fsp3) is 0.571. The molecule has 1 aromatic rings. The Kier molecular flexibility index (Phi) is 3.49. The first-order chi connectivity index (χ1) is 7.74. The van der Waals surface area contributed by atoms with Crippen LogP contribution in [-0.4, -0.2) is 17.8 Å². The fourth-order valence-electron chi connectivity index (χ4n) is 2.36. The van der Waals surface area contributed by atoms with Crippen LogP contribution < -0.4 is 4.74 Å². The molecule has 0 aromatic heterocycles. The minimum atomic E-state index is -0.255. The van der Waals surface area contributed by atoms with Crippen molar-refractivity contribution in [2.45, 2.75) is 38.7 Å². The van der Waals surface area contributed by atoms with Crippen molar-refractivity contribution >= 4 is 0 Å². The Hall–Kier alpha value is -1.02. The van der Waals surface area contributed by atoms with Gasteiger partial charge in [0.15, 0.2) is 0 Å². The van der Waals surface area contributed by atoms with Gasteiger partial charge in [0.1, 0.15) is 5.75 Å². The van der Waals surface area contributed by atoms with Gasteiger partial charge in [0, 0.05) is 5.92 Å². The summed E-state index contributed by atoms with van der Waals surface area (Å²) in [6, 6.07) is 8.07. The Morgan fingerprint density at radius 2 is 2.19 bits per heavy atom. The van der Waals surface area contributed by atoms with Crippen molar-refractivity contribution in [1.82, 2.24) is 0 Å². The summed E-state index contributed by atoms with van der Waals surface area (Å²) in [6.45, 7) is 4.96. The molecule has 0 saturated carbocycles. The molecule has 0 radical (unpaired) electrons. The van der Waals surface area contributed by atoms with Gasteiger partial charge in [0.2, 0.25) is 0 Å². The molecular formula is C14H20O2. The minimum absolute atomic E-state index is 0.236. The summed E-state index contributed by atoms with van der Waals surface area (Å²) >= 11 is 0. The zero-order valence-corrected chi connectivity index (χ0v) is 10.0. The van der Waals surface area contributed by atoms with Gasteiger partial charge in [-0.3, -0.25) is 0 Å². The van der Waals surface area contributed by atoms with Crippen LogP contribution in [-0.2, 0) is 0 Å². The Morgan fingerprint density at radius 3 is 2.94 bits per heavy atom. The van der Waals surface area contributed by atoms with E-state index in [-0.39, 0.29) is 12.0 Å². The van der Waals surface area contributed by atoms with E-state index in [0.717, 1.165) is 25.2 Å². The van der Waals surface area contributed by atoms with E-state index in [1.807, 2.05) is 18.2 Å². The van der Waals surface area contributed by atoms with Gasteiger partial charge < -0.3 is 9.84 Å². The van der Waals surface area contributed by atoms with E-state index in [9.17, 15) is 5.11 Å². The first-order valence-corrected chi connectivity index (χ1v) is 6.13. The summed E-state index contributed by atoms with van der Waals surface area (Å²) in [4.78, 5) is 0. The highest BCUT2D eigenvalue weighted by Gasteiger charge is 2.29. The van der Waals surface area contributed by atoms with Gasteiger partial charge in [-0.15, -0.1) is 0 Å². The van der Waals surface area contributed by atoms with Crippen LogP contribution >= 0.6 is 0 Å². The van der Waals surface area contributed by atoms with E-state index >= 15 is 0 Å². The molecule has 0 amide bonds. The summed E-state index contributed by atoms with van der Waals surface area (Å²) in [6.07, 6.45) is 1.68. The predicted octanol–water partition coefficient (Wildman–Crippen LogP) is 2.96. The molecule has 2 rings (SSSR count). The molecule has 2 heteroatoms. The van der Waals surface area contributed by atoms with E-state index < -0.39 is 0 Å². The highest BCUT2D eigenvalue weighted by atomic mass is 16.5. The van der Waals surface area contributed by atoms with Crippen LogP contribution in [0.1, 0.15) is 38.2 Å². The lowest BCUT2D eigenvalue weighted by Crippen LogP contribution is -2.29. The molecule has 0 aliphatic carbocycles. The Morgan fingerprint density at radius 1 is 1.44 bits per heavy atom. The predicted molar refractivity (Wildman–Crippen MR) is 64.8 cm³/mol. The second kappa shape index (κ2) is 4.88. The smallest absolute Gasteiger partial charge is 0.122 e. The minimum Gasteiger partial charge on any atom is -0.493 e. The van der Waals surface area contributed by atoms with Crippen molar-refractivity contribution in [3.05, 3.63) is 29.8 Å². The van der Waals surface area contributed by atoms with Gasteiger partial charge >= 0.3 is 0 Å². The van der Waals surface area contributed by atoms with Gasteiger partial charge in [0.25, 0.3) is 0 Å². The summed E-state index contributed by atoms with van der Waals surface area (Å²) in [7, 11) is 0. The molecule has 0 fully saturated rings. The van der Waals surface area contributed by atoms with E-state index in [0.29, 0.717) is 5.92 Å². The Balaban J connectivity index is 2.24. The number of para-hydroxylation sites is 1. The second-order valence-electron chi connectivity index (χ2n) is 4.66. The lowest BCUT2D eigenvalue weighted by atomic mass is 9.82. The van der Waals surface area contributed by atoms with E-state index in [1.54, 1.807) is 0 Å². The summed E-state index contributed by atoms with van der Waals surface area (Å²) in [5.74, 6) is 1.53. The lowest BCUT2D eigenvalue weighted by molar-refractivity contribution is 0.0688. The van der Waals surface area contributed by atoms with Gasteiger partial charge in [-0.05, 0) is 24.0 Å². The highest BCUT2D eigenvalue weighted by Crippen LogP contribution is 2.37.